The molecule has 1 N–H and O–H groups in total. The number of carbonyl (C=O) groups is 3. The van der Waals surface area contributed by atoms with E-state index in [4.69, 9.17) is 30.5 Å². The molecule has 3 aromatic carbocycles. The van der Waals surface area contributed by atoms with E-state index in [1.54, 1.807) is 61.1 Å². The van der Waals surface area contributed by atoms with Gasteiger partial charge in [0.25, 0.3) is 5.91 Å². The molecule has 14 heteroatoms. The van der Waals surface area contributed by atoms with Gasteiger partial charge in [0.15, 0.2) is 11.6 Å². The number of unbranched alkanes of at least 4 members (excludes halogenated alkanes) is 1. The number of piperazine rings is 1. The second-order valence-electron chi connectivity index (χ2n) is 14.3. The van der Waals surface area contributed by atoms with Gasteiger partial charge >= 0.3 is 11.9 Å². The first-order chi connectivity index (χ1) is 27.0. The van der Waals surface area contributed by atoms with Crippen molar-refractivity contribution in [2.45, 2.75) is 58.0 Å². The Bertz CT molecular complexity index is 2390. The number of aromatic nitrogens is 2. The van der Waals surface area contributed by atoms with E-state index < -0.39 is 23.2 Å². The van der Waals surface area contributed by atoms with Crippen LogP contribution in [0.2, 0.25) is 5.02 Å². The van der Waals surface area contributed by atoms with E-state index in [1.165, 1.54) is 19.4 Å². The molecule has 7 rings (SSSR count). The van der Waals surface area contributed by atoms with Crippen LogP contribution < -0.4 is 25.1 Å². The fourth-order valence-electron chi connectivity index (χ4n) is 7.48. The highest BCUT2D eigenvalue weighted by Gasteiger charge is 2.32. The van der Waals surface area contributed by atoms with Gasteiger partial charge in [0.1, 0.15) is 17.0 Å². The Hall–Kier alpha value is -5.40. The van der Waals surface area contributed by atoms with Gasteiger partial charge in [-0.05, 0) is 93.6 Å². The van der Waals surface area contributed by atoms with E-state index in [0.29, 0.717) is 82.2 Å². The molecule has 2 aromatic heterocycles. The third-order valence-corrected chi connectivity index (χ3v) is 10.7. The van der Waals surface area contributed by atoms with Gasteiger partial charge in [0.2, 0.25) is 5.43 Å². The van der Waals surface area contributed by atoms with Crippen molar-refractivity contribution < 1.29 is 37.7 Å². The molecule has 1 saturated heterocycles. The summed E-state index contributed by atoms with van der Waals surface area (Å²) in [6, 6.07) is 13.3. The lowest BCUT2D eigenvalue weighted by Crippen LogP contribution is -2.49. The minimum absolute atomic E-state index is 0.0196. The number of hydrogen-bond acceptors (Lipinski definition) is 10. The standard InChI is InChI=1S/C42H44ClFN4O8/c1-24-22-46(16-15-45-24)38-34(44)20-32-37(40(38)54-4)47(28-11-12-28)23-33(39(32)50)42(52)56-18-6-5-17-55-36(49)21-30-25(2)48(35-14-13-29(53-3)19-31(30)35)41(51)26-7-9-27(43)10-8-26/h7-10,13-14,19-20,23-24,28,45H,5-6,11-12,15-18,21-22H2,1-4H3. The molecule has 2 aliphatic rings. The molecule has 1 aliphatic carbocycles. The molecule has 56 heavy (non-hydrogen) atoms. The van der Waals surface area contributed by atoms with E-state index in [2.05, 4.69) is 5.32 Å². The first-order valence-corrected chi connectivity index (χ1v) is 19.1. The summed E-state index contributed by atoms with van der Waals surface area (Å²) in [5, 5.41) is 4.62. The minimum atomic E-state index is -0.807. The predicted molar refractivity (Wildman–Crippen MR) is 211 cm³/mol. The molecule has 1 saturated carbocycles. The molecular formula is C42H44ClFN4O8. The summed E-state index contributed by atoms with van der Waals surface area (Å²) < 4.78 is 41.5. The highest BCUT2D eigenvalue weighted by molar-refractivity contribution is 6.30. The van der Waals surface area contributed by atoms with E-state index >= 15 is 4.39 Å². The van der Waals surface area contributed by atoms with Gasteiger partial charge in [-0.1, -0.05) is 11.6 Å². The lowest BCUT2D eigenvalue weighted by atomic mass is 10.1. The third kappa shape index (κ3) is 7.70. The maximum absolute atomic E-state index is 15.8. The second-order valence-corrected chi connectivity index (χ2v) is 14.7. The van der Waals surface area contributed by atoms with E-state index in [0.717, 1.165) is 12.8 Å². The lowest BCUT2D eigenvalue weighted by molar-refractivity contribution is -0.143. The first-order valence-electron chi connectivity index (χ1n) is 18.7. The Balaban J connectivity index is 0.995. The Morgan fingerprint density at radius 2 is 1.70 bits per heavy atom. The number of ether oxygens (including phenoxy) is 4. The number of halogens is 2. The monoisotopic (exact) mass is 786 g/mol. The van der Waals surface area contributed by atoms with Crippen LogP contribution in [0.1, 0.15) is 70.6 Å². The van der Waals surface area contributed by atoms with Crippen LogP contribution in [0.25, 0.3) is 21.8 Å². The van der Waals surface area contributed by atoms with Crippen molar-refractivity contribution in [1.29, 1.82) is 0 Å². The maximum Gasteiger partial charge on any atom is 0.343 e. The summed E-state index contributed by atoms with van der Waals surface area (Å²) in [5.74, 6) is -1.29. The van der Waals surface area contributed by atoms with Crippen LogP contribution >= 0.6 is 11.6 Å². The zero-order valence-corrected chi connectivity index (χ0v) is 32.5. The average Bonchev–Trinajstić information content (AvgIpc) is 4.00. The van der Waals surface area contributed by atoms with Crippen molar-refractivity contribution in [3.63, 3.8) is 0 Å². The maximum atomic E-state index is 15.8. The third-order valence-electron chi connectivity index (χ3n) is 10.4. The zero-order chi connectivity index (χ0) is 39.7. The Morgan fingerprint density at radius 1 is 0.964 bits per heavy atom. The summed E-state index contributed by atoms with van der Waals surface area (Å²) in [5.41, 5.74) is 2.28. The number of pyridine rings is 1. The lowest BCUT2D eigenvalue weighted by Gasteiger charge is -2.35. The summed E-state index contributed by atoms with van der Waals surface area (Å²) in [6.45, 7) is 5.69. The molecule has 1 aliphatic heterocycles. The van der Waals surface area contributed by atoms with Crippen molar-refractivity contribution in [3.8, 4) is 11.5 Å². The van der Waals surface area contributed by atoms with Gasteiger partial charge in [0.05, 0.1) is 50.3 Å². The number of nitrogens with zero attached hydrogens (tertiary/aromatic N) is 3. The molecule has 3 heterocycles. The quantitative estimate of drug-likeness (QED) is 0.103. The molecule has 0 spiro atoms. The number of fused-ring (bicyclic) bond motifs is 2. The van der Waals surface area contributed by atoms with Gasteiger partial charge in [-0.3, -0.25) is 19.0 Å². The van der Waals surface area contributed by atoms with Gasteiger partial charge < -0.3 is 33.7 Å². The highest BCUT2D eigenvalue weighted by atomic mass is 35.5. The van der Waals surface area contributed by atoms with Crippen LogP contribution in [0.5, 0.6) is 11.5 Å². The summed E-state index contributed by atoms with van der Waals surface area (Å²) in [4.78, 5) is 55.6. The number of methoxy groups -OCH3 is 2. The molecule has 12 nitrogen and oxygen atoms in total. The molecule has 0 radical (unpaired) electrons. The number of rotatable bonds is 13. The fraction of sp³-hybridized carbons (Fsp3) is 0.381. The molecule has 1 unspecified atom stereocenters. The van der Waals surface area contributed by atoms with Crippen LogP contribution in [-0.2, 0) is 20.7 Å². The van der Waals surface area contributed by atoms with Crippen LogP contribution in [0.4, 0.5) is 10.1 Å². The Morgan fingerprint density at radius 3 is 2.38 bits per heavy atom. The number of esters is 2. The summed E-state index contributed by atoms with van der Waals surface area (Å²) in [6.07, 6.45) is 3.88. The molecule has 0 bridgehead atoms. The van der Waals surface area contributed by atoms with Crippen molar-refractivity contribution in [2.75, 3.05) is 52.0 Å². The Kier molecular flexibility index (Phi) is 11.4. The average molecular weight is 787 g/mol. The van der Waals surface area contributed by atoms with E-state index in [9.17, 15) is 19.2 Å². The smallest absolute Gasteiger partial charge is 0.343 e. The van der Waals surface area contributed by atoms with Crippen LogP contribution in [0, 0.1) is 12.7 Å². The number of anilines is 1. The van der Waals surface area contributed by atoms with Gasteiger partial charge in [-0.15, -0.1) is 0 Å². The van der Waals surface area contributed by atoms with Gasteiger partial charge in [-0.2, -0.15) is 0 Å². The highest BCUT2D eigenvalue weighted by Crippen LogP contribution is 2.44. The van der Waals surface area contributed by atoms with Crippen LogP contribution in [0.3, 0.4) is 0 Å². The number of nitrogens with one attached hydrogen (secondary N) is 1. The topological polar surface area (TPSA) is 130 Å². The zero-order valence-electron chi connectivity index (χ0n) is 31.8. The largest absolute Gasteiger partial charge is 0.497 e. The van der Waals surface area contributed by atoms with Crippen LogP contribution in [-0.4, -0.2) is 80.1 Å². The van der Waals surface area contributed by atoms with Crippen molar-refractivity contribution in [2.24, 2.45) is 0 Å². The minimum Gasteiger partial charge on any atom is -0.497 e. The summed E-state index contributed by atoms with van der Waals surface area (Å²) in [7, 11) is 3.01. The molecule has 294 valence electrons. The molecule has 1 atom stereocenters. The SMILES string of the molecule is COc1ccc2c(c1)c(CC(=O)OCCCCOC(=O)c1cn(C3CC3)c3c(OC)c(N4CCNC(C)C4)c(F)cc3c1=O)c(C)n2C(=O)c1ccc(Cl)cc1. The predicted octanol–water partition coefficient (Wildman–Crippen LogP) is 6.62. The van der Waals surface area contributed by atoms with Crippen LogP contribution in [0.15, 0.2) is 59.5 Å². The van der Waals surface area contributed by atoms with E-state index in [1.807, 2.05) is 16.4 Å². The number of benzene rings is 3. The fourth-order valence-corrected chi connectivity index (χ4v) is 7.60. The molecule has 0 amide bonds. The number of hydrogen-bond donors (Lipinski definition) is 1. The van der Waals surface area contributed by atoms with Gasteiger partial charge in [0, 0.05) is 59.6 Å². The normalized spacial score (nSPS) is 15.6. The first kappa shape index (κ1) is 38.9. The number of carbonyl (C=O) groups excluding carboxylic acids is 3. The molecular weight excluding hydrogens is 743 g/mol. The molecule has 5 aromatic rings. The summed E-state index contributed by atoms with van der Waals surface area (Å²) >= 11 is 6.04. The van der Waals surface area contributed by atoms with Crippen molar-refractivity contribution in [1.82, 2.24) is 14.5 Å². The van der Waals surface area contributed by atoms with Crippen molar-refractivity contribution in [3.05, 3.63) is 98.2 Å². The van der Waals surface area contributed by atoms with Gasteiger partial charge in [-0.25, -0.2) is 9.18 Å². The molecule has 2 fully saturated rings. The van der Waals surface area contributed by atoms with E-state index in [-0.39, 0.29) is 54.3 Å². The van der Waals surface area contributed by atoms with Crippen molar-refractivity contribution >= 4 is 56.9 Å². The Labute approximate surface area is 328 Å². The second kappa shape index (κ2) is 16.4.